The Labute approximate surface area is 236 Å². The number of pyridine rings is 1. The molecule has 0 aliphatic heterocycles. The van der Waals surface area contributed by atoms with Crippen molar-refractivity contribution in [3.05, 3.63) is 76.9 Å². The van der Waals surface area contributed by atoms with Gasteiger partial charge in [0.1, 0.15) is 18.0 Å². The molecule has 0 bridgehead atoms. The van der Waals surface area contributed by atoms with E-state index in [1.54, 1.807) is 18.3 Å². The van der Waals surface area contributed by atoms with Gasteiger partial charge in [-0.2, -0.15) is 13.2 Å². The van der Waals surface area contributed by atoms with E-state index in [4.69, 9.17) is 0 Å². The van der Waals surface area contributed by atoms with Crippen LogP contribution in [0.4, 0.5) is 13.2 Å². The smallest absolute Gasteiger partial charge is 0.452 e. The van der Waals surface area contributed by atoms with E-state index in [-0.39, 0.29) is 6.54 Å². The van der Waals surface area contributed by atoms with Crippen LogP contribution in [-0.2, 0) is 16.1 Å². The van der Waals surface area contributed by atoms with E-state index in [0.717, 1.165) is 32.2 Å². The molecule has 0 fully saturated rings. The van der Waals surface area contributed by atoms with Crippen LogP contribution in [-0.4, -0.2) is 73.9 Å². The summed E-state index contributed by atoms with van der Waals surface area (Å²) in [5, 5.41) is 30.9. The van der Waals surface area contributed by atoms with E-state index in [1.165, 1.54) is 11.8 Å². The molecular formula is C28H27BrF3N3O5. The Bertz CT molecular complexity index is 1450. The van der Waals surface area contributed by atoms with Gasteiger partial charge in [-0.15, -0.1) is 0 Å². The van der Waals surface area contributed by atoms with E-state index in [0.29, 0.717) is 11.2 Å². The molecule has 12 heteroatoms. The van der Waals surface area contributed by atoms with Crippen molar-refractivity contribution in [2.24, 2.45) is 0 Å². The third-order valence-electron chi connectivity index (χ3n) is 6.26. The van der Waals surface area contributed by atoms with Crippen LogP contribution < -0.4 is 0 Å². The van der Waals surface area contributed by atoms with E-state index < -0.39 is 43.7 Å². The minimum atomic E-state index is -5.23. The lowest BCUT2D eigenvalue weighted by atomic mass is 9.98. The highest BCUT2D eigenvalue weighted by molar-refractivity contribution is 9.10. The molecule has 4 aromatic rings. The zero-order valence-electron chi connectivity index (χ0n) is 21.3. The molecule has 0 saturated heterocycles. The lowest BCUT2D eigenvalue weighted by Gasteiger charge is -2.32. The number of fused-ring (bicyclic) bond motifs is 1. The first kappa shape index (κ1) is 29.7. The number of aliphatic hydroxyl groups excluding tert-OH is 3. The number of aliphatic hydroxyl groups is 3. The molecule has 2 aromatic heterocycles. The standard InChI is InChI=1S/C28H27BrF3N3O5/c1-16(37)26(38)35(14-21(15-36)40-27(39)28(30,31)32)13-17-7-9-18(10-8-17)23-22-11-20(29)12-33-25(22)34-24(23)19-5-3-2-4-6-19/h2-12,16,21,26,36-38H,13-15H2,1H3,(H,33,34). The van der Waals surface area contributed by atoms with Gasteiger partial charge >= 0.3 is 12.1 Å². The van der Waals surface area contributed by atoms with Crippen LogP contribution >= 0.6 is 15.9 Å². The van der Waals surface area contributed by atoms with Crippen molar-refractivity contribution in [1.29, 1.82) is 0 Å². The molecule has 0 radical (unpaired) electrons. The second kappa shape index (κ2) is 12.5. The quantitative estimate of drug-likeness (QED) is 0.151. The molecule has 0 amide bonds. The average molecular weight is 622 g/mol. The summed E-state index contributed by atoms with van der Waals surface area (Å²) in [5.74, 6) is -2.45. The number of hydrogen-bond acceptors (Lipinski definition) is 7. The Morgan fingerprint density at radius 3 is 2.38 bits per heavy atom. The fraction of sp³-hybridized carbons (Fsp3) is 0.286. The molecule has 4 rings (SSSR count). The summed E-state index contributed by atoms with van der Waals surface area (Å²) in [6.45, 7) is -0.0632. The number of alkyl halides is 3. The van der Waals surface area contributed by atoms with Crippen LogP contribution in [0.2, 0.25) is 0 Å². The fourth-order valence-corrected chi connectivity index (χ4v) is 4.69. The molecule has 0 aliphatic rings. The highest BCUT2D eigenvalue weighted by atomic mass is 79.9. The highest BCUT2D eigenvalue weighted by Crippen LogP contribution is 2.38. The van der Waals surface area contributed by atoms with Gasteiger partial charge in [0.15, 0.2) is 0 Å². The van der Waals surface area contributed by atoms with E-state index in [2.05, 4.69) is 30.6 Å². The maximum Gasteiger partial charge on any atom is 0.490 e. The van der Waals surface area contributed by atoms with Crippen molar-refractivity contribution < 1.29 is 38.0 Å². The third-order valence-corrected chi connectivity index (χ3v) is 6.69. The van der Waals surface area contributed by atoms with Gasteiger partial charge in [0.25, 0.3) is 0 Å². The Morgan fingerprint density at radius 2 is 1.77 bits per heavy atom. The van der Waals surface area contributed by atoms with Gasteiger partial charge in [-0.1, -0.05) is 54.6 Å². The summed E-state index contributed by atoms with van der Waals surface area (Å²) >= 11 is 3.48. The molecule has 0 aliphatic carbocycles. The molecule has 0 spiro atoms. The summed E-state index contributed by atoms with van der Waals surface area (Å²) in [6, 6.07) is 19.0. The predicted octanol–water partition coefficient (Wildman–Crippen LogP) is 4.63. The van der Waals surface area contributed by atoms with Crippen molar-refractivity contribution >= 4 is 32.9 Å². The maximum atomic E-state index is 12.7. The lowest BCUT2D eigenvalue weighted by molar-refractivity contribution is -0.208. The summed E-state index contributed by atoms with van der Waals surface area (Å²) in [4.78, 5) is 20.4. The topological polar surface area (TPSA) is 119 Å². The van der Waals surface area contributed by atoms with Crippen LogP contribution in [0, 0.1) is 0 Å². The van der Waals surface area contributed by atoms with Crippen molar-refractivity contribution in [2.75, 3.05) is 13.2 Å². The minimum absolute atomic E-state index is 0.0149. The number of rotatable bonds is 10. The van der Waals surface area contributed by atoms with Crippen LogP contribution in [0.25, 0.3) is 33.4 Å². The first-order valence-corrected chi connectivity index (χ1v) is 13.1. The van der Waals surface area contributed by atoms with Crippen LogP contribution in [0.15, 0.2) is 71.3 Å². The number of carbonyl (C=O) groups is 1. The Balaban J connectivity index is 1.63. The second-order valence-electron chi connectivity index (χ2n) is 9.28. The number of halogens is 4. The van der Waals surface area contributed by atoms with Crippen molar-refractivity contribution in [1.82, 2.24) is 14.9 Å². The Morgan fingerprint density at radius 1 is 1.10 bits per heavy atom. The third kappa shape index (κ3) is 6.88. The normalized spacial score (nSPS) is 14.3. The van der Waals surface area contributed by atoms with Crippen molar-refractivity contribution in [3.63, 3.8) is 0 Å². The van der Waals surface area contributed by atoms with E-state index in [1.807, 2.05) is 48.5 Å². The molecule has 2 heterocycles. The molecule has 212 valence electrons. The van der Waals surface area contributed by atoms with Gasteiger partial charge in [0, 0.05) is 34.7 Å². The maximum absolute atomic E-state index is 12.7. The number of carbonyl (C=O) groups excluding carboxylic acids is 1. The molecular weight excluding hydrogens is 595 g/mol. The van der Waals surface area contributed by atoms with Gasteiger partial charge in [-0.25, -0.2) is 9.78 Å². The number of ether oxygens (including phenoxy) is 1. The zero-order chi connectivity index (χ0) is 29.0. The van der Waals surface area contributed by atoms with E-state index in [9.17, 15) is 33.3 Å². The SMILES string of the molecule is CC(O)C(O)N(Cc1ccc(-c2c(-c3ccccc3)[nH]c3ncc(Br)cc23)cc1)CC(CO)OC(=O)C(F)(F)F. The van der Waals surface area contributed by atoms with Gasteiger partial charge in [0.2, 0.25) is 0 Å². The summed E-state index contributed by atoms with van der Waals surface area (Å²) < 4.78 is 43.2. The first-order chi connectivity index (χ1) is 19.0. The summed E-state index contributed by atoms with van der Waals surface area (Å²) in [5.41, 5.74) is 4.98. The molecule has 0 saturated carbocycles. The molecule has 4 N–H and O–H groups in total. The molecule has 8 nitrogen and oxygen atoms in total. The minimum Gasteiger partial charge on any atom is -0.452 e. The van der Waals surface area contributed by atoms with Crippen LogP contribution in [0.3, 0.4) is 0 Å². The zero-order valence-corrected chi connectivity index (χ0v) is 22.9. The summed E-state index contributed by atoms with van der Waals surface area (Å²) in [6.07, 6.45) is -7.88. The number of hydrogen-bond donors (Lipinski definition) is 4. The first-order valence-electron chi connectivity index (χ1n) is 12.3. The Kier molecular flexibility index (Phi) is 9.26. The number of esters is 1. The second-order valence-corrected chi connectivity index (χ2v) is 10.2. The fourth-order valence-electron chi connectivity index (χ4n) is 4.36. The van der Waals surface area contributed by atoms with Gasteiger partial charge in [0.05, 0.1) is 18.4 Å². The number of nitrogens with zero attached hydrogens (tertiary/aromatic N) is 2. The average Bonchev–Trinajstić information content (AvgIpc) is 3.30. The summed E-state index contributed by atoms with van der Waals surface area (Å²) in [7, 11) is 0. The van der Waals surface area contributed by atoms with E-state index >= 15 is 0 Å². The molecule has 40 heavy (non-hydrogen) atoms. The van der Waals surface area contributed by atoms with Gasteiger partial charge in [-0.3, -0.25) is 4.90 Å². The lowest BCUT2D eigenvalue weighted by Crippen LogP contribution is -2.47. The molecule has 3 unspecified atom stereocenters. The molecule has 2 aromatic carbocycles. The van der Waals surface area contributed by atoms with Crippen LogP contribution in [0.5, 0.6) is 0 Å². The number of H-pyrrole nitrogens is 1. The molecule has 3 atom stereocenters. The predicted molar refractivity (Wildman–Crippen MR) is 146 cm³/mol. The Hall–Kier alpha value is -3.29. The number of benzene rings is 2. The largest absolute Gasteiger partial charge is 0.490 e. The van der Waals surface area contributed by atoms with Crippen molar-refractivity contribution in [3.8, 4) is 22.4 Å². The number of aromatic amines is 1. The highest BCUT2D eigenvalue weighted by Gasteiger charge is 2.42. The van der Waals surface area contributed by atoms with Crippen molar-refractivity contribution in [2.45, 2.75) is 38.1 Å². The van der Waals surface area contributed by atoms with Crippen LogP contribution in [0.1, 0.15) is 12.5 Å². The van der Waals surface area contributed by atoms with Gasteiger partial charge in [-0.05, 0) is 45.6 Å². The number of nitrogens with one attached hydrogen (secondary N) is 1. The number of aromatic nitrogens is 2. The van der Waals surface area contributed by atoms with Gasteiger partial charge < -0.3 is 25.0 Å². The monoisotopic (exact) mass is 621 g/mol.